The highest BCUT2D eigenvalue weighted by molar-refractivity contribution is 9.25. The number of alkyl halides is 2. The summed E-state index contributed by atoms with van der Waals surface area (Å²) >= 11 is 7.30. The van der Waals surface area contributed by atoms with E-state index in [1.54, 1.807) is 72.1 Å². The van der Waals surface area contributed by atoms with Crippen LogP contribution in [0.15, 0.2) is 30.3 Å². The topological polar surface area (TPSA) is 183 Å². The third-order valence-corrected chi connectivity index (χ3v) is 12.1. The van der Waals surface area contributed by atoms with Crippen LogP contribution >= 0.6 is 31.9 Å². The van der Waals surface area contributed by atoms with Crippen LogP contribution in [-0.2, 0) is 33.5 Å². The van der Waals surface area contributed by atoms with E-state index in [2.05, 4.69) is 53.1 Å². The number of ketones is 1. The fourth-order valence-corrected chi connectivity index (χ4v) is 8.95. The van der Waals surface area contributed by atoms with Gasteiger partial charge in [0.1, 0.15) is 23.7 Å². The number of hydrogen-bond acceptors (Lipinski definition) is 8. The van der Waals surface area contributed by atoms with Gasteiger partial charge in [0.05, 0.1) is 15.8 Å². The largest absolute Gasteiger partial charge is 0.444 e. The SMILES string of the molecule is CCCC(NC(=O)[C@@H]1C2C(CN1C(=O)[C@@H](NC(=O)OC(C)(C)C)C1CCCCC1)C2(Br)Br)C(=O)C(=O)NCC(=O)N[C@H](C(=O)N(C)C)c1ccccc1. The minimum Gasteiger partial charge on any atom is -0.444 e. The van der Waals surface area contributed by atoms with Crippen molar-refractivity contribution in [3.8, 4) is 0 Å². The molecule has 3 unspecified atom stereocenters. The van der Waals surface area contributed by atoms with Gasteiger partial charge in [-0.05, 0) is 51.5 Å². The maximum atomic E-state index is 14.3. The van der Waals surface area contributed by atoms with E-state index >= 15 is 0 Å². The number of Topliss-reactive ketones (excluding diaryl/α,β-unsaturated/α-hetero) is 1. The summed E-state index contributed by atoms with van der Waals surface area (Å²) < 4.78 is 4.90. The molecular weight excluding hydrogens is 816 g/mol. The van der Waals surface area contributed by atoms with Gasteiger partial charge >= 0.3 is 6.09 Å². The molecule has 14 nitrogen and oxygen atoms in total. The van der Waals surface area contributed by atoms with Crippen LogP contribution in [0.5, 0.6) is 0 Å². The van der Waals surface area contributed by atoms with E-state index in [-0.39, 0.29) is 36.6 Å². The minimum atomic E-state index is -1.23. The fourth-order valence-electron chi connectivity index (χ4n) is 7.22. The van der Waals surface area contributed by atoms with Crippen molar-refractivity contribution in [2.75, 3.05) is 27.2 Å². The molecule has 0 spiro atoms. The Kier molecular flexibility index (Phi) is 14.1. The van der Waals surface area contributed by atoms with Crippen molar-refractivity contribution in [2.45, 2.75) is 106 Å². The Morgan fingerprint density at radius 2 is 1.60 bits per heavy atom. The summed E-state index contributed by atoms with van der Waals surface area (Å²) in [7, 11) is 3.12. The van der Waals surface area contributed by atoms with Crippen molar-refractivity contribution >= 4 is 73.3 Å². The summed E-state index contributed by atoms with van der Waals surface area (Å²) in [6.45, 7) is 6.66. The zero-order valence-electron chi connectivity index (χ0n) is 31.2. The predicted octanol–water partition coefficient (Wildman–Crippen LogP) is 3.32. The van der Waals surface area contributed by atoms with Crippen LogP contribution in [0.2, 0.25) is 0 Å². The monoisotopic (exact) mass is 866 g/mol. The summed E-state index contributed by atoms with van der Waals surface area (Å²) in [4.78, 5) is 96.4. The lowest BCUT2D eigenvalue weighted by Gasteiger charge is -2.37. The smallest absolute Gasteiger partial charge is 0.408 e. The van der Waals surface area contributed by atoms with E-state index < -0.39 is 75.1 Å². The molecule has 1 aromatic carbocycles. The molecular formula is C37H52Br2N6O8. The van der Waals surface area contributed by atoms with Gasteiger partial charge in [0.15, 0.2) is 0 Å². The second-order valence-electron chi connectivity index (χ2n) is 15.3. The molecule has 2 aliphatic carbocycles. The molecule has 0 aromatic heterocycles. The first kappa shape index (κ1) is 42.2. The van der Waals surface area contributed by atoms with Gasteiger partial charge in [0, 0.05) is 32.5 Å². The second-order valence-corrected chi connectivity index (χ2v) is 19.0. The molecule has 1 saturated heterocycles. The minimum absolute atomic E-state index is 0.114. The molecule has 0 bridgehead atoms. The van der Waals surface area contributed by atoms with Crippen LogP contribution in [0.3, 0.4) is 0 Å². The molecule has 53 heavy (non-hydrogen) atoms. The van der Waals surface area contributed by atoms with Crippen LogP contribution in [0.25, 0.3) is 0 Å². The fraction of sp³-hybridized carbons (Fsp3) is 0.649. The number of carbonyl (C=O) groups is 7. The number of benzene rings is 1. The number of nitrogens with zero attached hydrogens (tertiary/aromatic N) is 2. The lowest BCUT2D eigenvalue weighted by Crippen LogP contribution is -2.60. The van der Waals surface area contributed by atoms with Crippen molar-refractivity contribution in [1.29, 1.82) is 0 Å². The van der Waals surface area contributed by atoms with Crippen LogP contribution in [0.1, 0.15) is 84.2 Å². The van der Waals surface area contributed by atoms with Crippen molar-refractivity contribution in [2.24, 2.45) is 17.8 Å². The highest BCUT2D eigenvalue weighted by Crippen LogP contribution is 2.67. The molecule has 6 amide bonds. The van der Waals surface area contributed by atoms with Gasteiger partial charge < -0.3 is 35.8 Å². The molecule has 1 heterocycles. The van der Waals surface area contributed by atoms with E-state index in [1.807, 2.05) is 0 Å². The number of ether oxygens (including phenoxy) is 1. The van der Waals surface area contributed by atoms with Gasteiger partial charge in [-0.2, -0.15) is 0 Å². The molecule has 2 saturated carbocycles. The van der Waals surface area contributed by atoms with Gasteiger partial charge in [-0.1, -0.05) is 94.8 Å². The lowest BCUT2D eigenvalue weighted by molar-refractivity contribution is -0.144. The van der Waals surface area contributed by atoms with E-state index in [0.29, 0.717) is 12.0 Å². The highest BCUT2D eigenvalue weighted by Gasteiger charge is 2.73. The Labute approximate surface area is 327 Å². The van der Waals surface area contributed by atoms with Crippen LogP contribution in [-0.4, -0.2) is 105 Å². The van der Waals surface area contributed by atoms with Crippen molar-refractivity contribution < 1.29 is 38.3 Å². The van der Waals surface area contributed by atoms with Gasteiger partial charge in [-0.15, -0.1) is 0 Å². The number of alkyl carbamates (subject to hydrolysis) is 1. The Morgan fingerprint density at radius 1 is 0.962 bits per heavy atom. The molecule has 1 aromatic rings. The summed E-state index contributed by atoms with van der Waals surface area (Å²) in [6, 6.07) is 4.49. The van der Waals surface area contributed by atoms with E-state index in [1.165, 1.54) is 9.80 Å². The highest BCUT2D eigenvalue weighted by atomic mass is 79.9. The lowest BCUT2D eigenvalue weighted by atomic mass is 9.83. The van der Waals surface area contributed by atoms with E-state index in [4.69, 9.17) is 4.74 Å². The van der Waals surface area contributed by atoms with Gasteiger partial charge in [-0.3, -0.25) is 28.8 Å². The number of likely N-dealkylation sites (tertiary alicyclic amines) is 1. The molecule has 4 N–H and O–H groups in total. The van der Waals surface area contributed by atoms with Crippen molar-refractivity contribution in [3.05, 3.63) is 35.9 Å². The summed E-state index contributed by atoms with van der Waals surface area (Å²) in [5.74, 6) is -4.68. The Hall–Kier alpha value is -3.53. The summed E-state index contributed by atoms with van der Waals surface area (Å²) in [5, 5.41) is 10.5. The number of likely N-dealkylation sites (N-methyl/N-ethyl adjacent to an activating group) is 1. The predicted molar refractivity (Wildman–Crippen MR) is 204 cm³/mol. The number of piperidine rings is 1. The first-order valence-electron chi connectivity index (χ1n) is 18.2. The van der Waals surface area contributed by atoms with Gasteiger partial charge in [-0.25, -0.2) is 4.79 Å². The average Bonchev–Trinajstić information content (AvgIpc) is 3.41. The van der Waals surface area contributed by atoms with Crippen molar-refractivity contribution in [1.82, 2.24) is 31.1 Å². The first-order valence-corrected chi connectivity index (χ1v) is 19.8. The van der Waals surface area contributed by atoms with E-state index in [0.717, 1.165) is 32.1 Å². The molecule has 4 rings (SSSR count). The Morgan fingerprint density at radius 3 is 2.19 bits per heavy atom. The van der Waals surface area contributed by atoms with Crippen molar-refractivity contribution in [3.63, 3.8) is 0 Å². The Bertz CT molecular complexity index is 1540. The third kappa shape index (κ3) is 10.6. The molecule has 0 radical (unpaired) electrons. The Balaban J connectivity index is 1.45. The number of carbonyl (C=O) groups excluding carboxylic acids is 7. The number of hydrogen-bond donors (Lipinski definition) is 4. The van der Waals surface area contributed by atoms with Crippen LogP contribution in [0, 0.1) is 17.8 Å². The van der Waals surface area contributed by atoms with Gasteiger partial charge in [0.2, 0.25) is 29.4 Å². The van der Waals surface area contributed by atoms with E-state index in [9.17, 15) is 33.6 Å². The molecule has 3 aliphatic rings. The van der Waals surface area contributed by atoms with Crippen LogP contribution in [0.4, 0.5) is 4.79 Å². The normalized spacial score (nSPS) is 22.3. The third-order valence-electron chi connectivity index (χ3n) is 9.91. The molecule has 292 valence electrons. The number of amides is 6. The quantitative estimate of drug-likeness (QED) is 0.162. The summed E-state index contributed by atoms with van der Waals surface area (Å²) in [6.07, 6.45) is 4.21. The zero-order valence-corrected chi connectivity index (χ0v) is 34.4. The maximum Gasteiger partial charge on any atom is 0.408 e. The standard InChI is InChI=1S/C37H52Br2N6O8/c1-7-14-24(30(47)32(49)40-19-25(46)42-27(33(50)44(5)6)21-15-10-8-11-16-21)41-31(48)29-26-23(37(26,38)39)20-45(29)34(51)28(22-17-12-9-13-18-22)43-35(52)53-36(2,3)4/h8,10-11,15-16,22-24,26-29H,7,9,12-14,17-20H2,1-6H3,(H,40,49)(H,41,48)(H,42,46)(H,43,52)/t23?,24?,26?,27-,28-,29-/m0/s1. The number of rotatable bonds is 14. The molecule has 1 aliphatic heterocycles. The second kappa shape index (κ2) is 17.7. The number of halogens is 2. The molecule has 16 heteroatoms. The molecule has 3 fully saturated rings. The number of fused-ring (bicyclic) bond motifs is 1. The zero-order chi connectivity index (χ0) is 39.2. The van der Waals surface area contributed by atoms with Gasteiger partial charge in [0.25, 0.3) is 5.91 Å². The first-order chi connectivity index (χ1) is 24.9. The average molecular weight is 869 g/mol. The molecule has 6 atom stereocenters. The van der Waals surface area contributed by atoms with Crippen LogP contribution < -0.4 is 21.3 Å². The maximum absolute atomic E-state index is 14.3. The summed E-state index contributed by atoms with van der Waals surface area (Å²) in [5.41, 5.74) is -0.230. The number of nitrogens with one attached hydrogen (secondary N) is 4.